The lowest BCUT2D eigenvalue weighted by Crippen LogP contribution is -2.47. The van der Waals surface area contributed by atoms with Crippen molar-refractivity contribution in [3.8, 4) is 0 Å². The summed E-state index contributed by atoms with van der Waals surface area (Å²) < 4.78 is 0. The zero-order valence-electron chi connectivity index (χ0n) is 16.9. The molecule has 0 aromatic heterocycles. The Balaban J connectivity index is 2.13. The molecule has 5 nitrogen and oxygen atoms in total. The van der Waals surface area contributed by atoms with Gasteiger partial charge in [-0.05, 0) is 56.4 Å². The van der Waals surface area contributed by atoms with Crippen LogP contribution in [0, 0.1) is 20.8 Å². The number of carbonyl (C=O) groups excluding carboxylic acids is 2. The van der Waals surface area contributed by atoms with E-state index in [9.17, 15) is 9.59 Å². The van der Waals surface area contributed by atoms with E-state index in [1.807, 2.05) is 11.8 Å². The van der Waals surface area contributed by atoms with Crippen LogP contribution in [0.4, 0.5) is 4.79 Å². The minimum atomic E-state index is -0.408. The largest absolute Gasteiger partial charge is 0.330 e. The van der Waals surface area contributed by atoms with E-state index < -0.39 is 6.04 Å². The first-order valence-electron chi connectivity index (χ1n) is 9.60. The van der Waals surface area contributed by atoms with Crippen molar-refractivity contribution in [1.29, 1.82) is 0 Å². The Labute approximate surface area is 161 Å². The Hall–Kier alpha value is -2.56. The summed E-state index contributed by atoms with van der Waals surface area (Å²) in [4.78, 5) is 29.7. The van der Waals surface area contributed by atoms with Crippen LogP contribution in [0.5, 0.6) is 0 Å². The molecule has 0 radical (unpaired) electrons. The summed E-state index contributed by atoms with van der Waals surface area (Å²) in [6.07, 6.45) is 2.57. The molecular weight excluding hydrogens is 338 g/mol. The van der Waals surface area contributed by atoms with Crippen LogP contribution in [0.25, 0.3) is 0 Å². The molecule has 144 valence electrons. The van der Waals surface area contributed by atoms with E-state index in [4.69, 9.17) is 0 Å². The SMILES string of the molecule is C=CCN1C(=O)N[C@H](c2cc(C)c(C)cc2C)C2=C1CN([C@H](C)CC)C2=O. The highest BCUT2D eigenvalue weighted by atomic mass is 16.2. The predicted octanol–water partition coefficient (Wildman–Crippen LogP) is 3.76. The molecule has 0 saturated heterocycles. The van der Waals surface area contributed by atoms with Gasteiger partial charge >= 0.3 is 6.03 Å². The molecule has 2 aliphatic heterocycles. The van der Waals surface area contributed by atoms with Crippen LogP contribution in [0.3, 0.4) is 0 Å². The van der Waals surface area contributed by atoms with Gasteiger partial charge < -0.3 is 10.2 Å². The lowest BCUT2D eigenvalue weighted by Gasteiger charge is -2.33. The maximum absolute atomic E-state index is 13.3. The summed E-state index contributed by atoms with van der Waals surface area (Å²) in [5.74, 6) is 0.0241. The molecule has 0 aliphatic carbocycles. The second-order valence-electron chi connectivity index (χ2n) is 7.63. The normalized spacial score (nSPS) is 20.7. The first-order valence-corrected chi connectivity index (χ1v) is 9.60. The van der Waals surface area contributed by atoms with Crippen molar-refractivity contribution in [2.45, 2.75) is 53.1 Å². The molecule has 2 heterocycles. The summed E-state index contributed by atoms with van der Waals surface area (Å²) in [7, 11) is 0. The van der Waals surface area contributed by atoms with Gasteiger partial charge in [0, 0.05) is 12.6 Å². The number of nitrogens with one attached hydrogen (secondary N) is 1. The number of urea groups is 1. The van der Waals surface area contributed by atoms with Crippen molar-refractivity contribution in [3.63, 3.8) is 0 Å². The van der Waals surface area contributed by atoms with Crippen LogP contribution in [-0.2, 0) is 4.79 Å². The van der Waals surface area contributed by atoms with Gasteiger partial charge in [0.15, 0.2) is 0 Å². The lowest BCUT2D eigenvalue weighted by atomic mass is 9.89. The third kappa shape index (κ3) is 3.15. The number of carbonyl (C=O) groups is 2. The Kier molecular flexibility index (Phi) is 5.13. The second kappa shape index (κ2) is 7.22. The number of hydrogen-bond donors (Lipinski definition) is 1. The fraction of sp³-hybridized carbons (Fsp3) is 0.455. The van der Waals surface area contributed by atoms with E-state index in [1.54, 1.807) is 11.0 Å². The van der Waals surface area contributed by atoms with Crippen LogP contribution >= 0.6 is 0 Å². The summed E-state index contributed by atoms with van der Waals surface area (Å²) >= 11 is 0. The van der Waals surface area contributed by atoms with Gasteiger partial charge in [-0.2, -0.15) is 0 Å². The van der Waals surface area contributed by atoms with E-state index in [1.165, 1.54) is 5.56 Å². The first kappa shape index (κ1) is 19.2. The zero-order chi connectivity index (χ0) is 19.9. The van der Waals surface area contributed by atoms with Crippen molar-refractivity contribution in [3.05, 3.63) is 58.3 Å². The van der Waals surface area contributed by atoms with Crippen LogP contribution in [0.1, 0.15) is 48.6 Å². The molecule has 3 rings (SSSR count). The molecule has 2 aliphatic rings. The molecule has 1 aromatic rings. The van der Waals surface area contributed by atoms with Crippen molar-refractivity contribution in [2.24, 2.45) is 0 Å². The highest BCUT2D eigenvalue weighted by molar-refractivity contribution is 6.01. The van der Waals surface area contributed by atoms with Crippen LogP contribution in [-0.4, -0.2) is 40.9 Å². The third-order valence-corrected chi connectivity index (χ3v) is 5.88. The third-order valence-electron chi connectivity index (χ3n) is 5.88. The van der Waals surface area contributed by atoms with Gasteiger partial charge in [0.25, 0.3) is 5.91 Å². The number of amides is 3. The summed E-state index contributed by atoms with van der Waals surface area (Å²) in [5, 5.41) is 3.07. The van der Waals surface area contributed by atoms with E-state index in [2.05, 4.69) is 51.7 Å². The zero-order valence-corrected chi connectivity index (χ0v) is 16.9. The molecule has 27 heavy (non-hydrogen) atoms. The fourth-order valence-corrected chi connectivity index (χ4v) is 3.94. The van der Waals surface area contributed by atoms with Crippen molar-refractivity contribution >= 4 is 11.9 Å². The highest BCUT2D eigenvalue weighted by Gasteiger charge is 2.45. The predicted molar refractivity (Wildman–Crippen MR) is 107 cm³/mol. The maximum Gasteiger partial charge on any atom is 0.322 e. The quantitative estimate of drug-likeness (QED) is 0.806. The molecule has 0 unspecified atom stereocenters. The molecule has 1 aromatic carbocycles. The molecule has 0 bridgehead atoms. The standard InChI is InChI=1S/C22H29N3O2/c1-7-9-24-18-12-25(16(6)8-2)21(26)19(18)20(23-22(24)27)17-11-14(4)13(3)10-15(17)5/h7,10-11,16,20H,1,8-9,12H2,2-6H3,(H,23,27)/t16-,20-/m1/s1. The monoisotopic (exact) mass is 367 g/mol. The number of benzene rings is 1. The first-order chi connectivity index (χ1) is 12.8. The van der Waals surface area contributed by atoms with E-state index in [-0.39, 0.29) is 18.0 Å². The summed E-state index contributed by atoms with van der Waals surface area (Å²) in [5.41, 5.74) is 5.96. The van der Waals surface area contributed by atoms with Gasteiger partial charge in [-0.3, -0.25) is 9.69 Å². The maximum atomic E-state index is 13.3. The van der Waals surface area contributed by atoms with Crippen LogP contribution in [0.2, 0.25) is 0 Å². The average molecular weight is 367 g/mol. The lowest BCUT2D eigenvalue weighted by molar-refractivity contribution is -0.127. The number of hydrogen-bond acceptors (Lipinski definition) is 2. The summed E-state index contributed by atoms with van der Waals surface area (Å²) in [6.45, 7) is 14.9. The van der Waals surface area contributed by atoms with E-state index >= 15 is 0 Å². The molecule has 2 atom stereocenters. The van der Waals surface area contributed by atoms with Crippen LogP contribution in [0.15, 0.2) is 36.1 Å². The Morgan fingerprint density at radius 1 is 1.22 bits per heavy atom. The minimum Gasteiger partial charge on any atom is -0.330 e. The van der Waals surface area contributed by atoms with Crippen molar-refractivity contribution in [1.82, 2.24) is 15.1 Å². The smallest absolute Gasteiger partial charge is 0.322 e. The van der Waals surface area contributed by atoms with Gasteiger partial charge in [0.2, 0.25) is 0 Å². The Morgan fingerprint density at radius 2 is 1.89 bits per heavy atom. The number of rotatable bonds is 5. The van der Waals surface area contributed by atoms with Crippen molar-refractivity contribution in [2.75, 3.05) is 13.1 Å². The topological polar surface area (TPSA) is 52.7 Å². The number of nitrogens with zero attached hydrogens (tertiary/aromatic N) is 2. The molecular formula is C22H29N3O2. The van der Waals surface area contributed by atoms with E-state index in [0.29, 0.717) is 18.7 Å². The van der Waals surface area contributed by atoms with Gasteiger partial charge in [0.05, 0.1) is 23.9 Å². The molecule has 0 saturated carbocycles. The summed E-state index contributed by atoms with van der Waals surface area (Å²) in [6, 6.07) is 3.77. The molecule has 0 fully saturated rings. The van der Waals surface area contributed by atoms with Crippen LogP contribution < -0.4 is 5.32 Å². The van der Waals surface area contributed by atoms with Gasteiger partial charge in [-0.15, -0.1) is 6.58 Å². The second-order valence-corrected chi connectivity index (χ2v) is 7.63. The highest BCUT2D eigenvalue weighted by Crippen LogP contribution is 2.38. The van der Waals surface area contributed by atoms with Gasteiger partial charge in [-0.1, -0.05) is 25.1 Å². The Morgan fingerprint density at radius 3 is 2.52 bits per heavy atom. The molecule has 0 spiro atoms. The molecule has 5 heteroatoms. The number of aryl methyl sites for hydroxylation is 3. The van der Waals surface area contributed by atoms with Crippen molar-refractivity contribution < 1.29 is 9.59 Å². The minimum absolute atomic E-state index is 0.0241. The van der Waals surface area contributed by atoms with Gasteiger partial charge in [-0.25, -0.2) is 4.79 Å². The molecule has 1 N–H and O–H groups in total. The fourth-order valence-electron chi connectivity index (χ4n) is 3.94. The average Bonchev–Trinajstić information content (AvgIpc) is 2.97. The Bertz CT molecular complexity index is 840. The molecule has 3 amide bonds. The van der Waals surface area contributed by atoms with E-state index in [0.717, 1.165) is 28.8 Å². The van der Waals surface area contributed by atoms with Gasteiger partial charge in [0.1, 0.15) is 0 Å².